The number of carbonyl (C=O) groups is 1. The molecular weight excluding hydrogens is 216 g/mol. The summed E-state index contributed by atoms with van der Waals surface area (Å²) < 4.78 is 5.48. The van der Waals surface area contributed by atoms with Crippen LogP contribution >= 0.6 is 0 Å². The number of amides is 1. The third-order valence-corrected chi connectivity index (χ3v) is 4.65. The van der Waals surface area contributed by atoms with Crippen LogP contribution in [0.2, 0.25) is 0 Å². The van der Waals surface area contributed by atoms with Crippen LogP contribution < -0.4 is 5.73 Å². The zero-order valence-corrected chi connectivity index (χ0v) is 10.9. The molecule has 3 fully saturated rings. The number of hydrogen-bond donors (Lipinski definition) is 1. The molecule has 0 aromatic carbocycles. The van der Waals surface area contributed by atoms with Gasteiger partial charge in [-0.25, -0.2) is 4.79 Å². The van der Waals surface area contributed by atoms with Crippen LogP contribution in [0.1, 0.15) is 46.5 Å². The molecule has 2 N–H and O–H groups in total. The Morgan fingerprint density at radius 1 is 1.41 bits per heavy atom. The van der Waals surface area contributed by atoms with E-state index in [0.29, 0.717) is 17.5 Å². The van der Waals surface area contributed by atoms with Crippen molar-refractivity contribution < 1.29 is 9.53 Å². The van der Waals surface area contributed by atoms with E-state index >= 15 is 0 Å². The molecule has 0 aromatic rings. The molecule has 1 heterocycles. The second kappa shape index (κ2) is 3.16. The van der Waals surface area contributed by atoms with E-state index < -0.39 is 5.60 Å². The summed E-state index contributed by atoms with van der Waals surface area (Å²) in [7, 11) is 0. The Balaban J connectivity index is 1.72. The molecule has 4 heteroatoms. The Labute approximate surface area is 102 Å². The van der Waals surface area contributed by atoms with Crippen LogP contribution in [0, 0.1) is 5.41 Å². The van der Waals surface area contributed by atoms with Gasteiger partial charge < -0.3 is 15.4 Å². The van der Waals surface area contributed by atoms with Gasteiger partial charge in [-0.05, 0) is 46.5 Å². The number of likely N-dealkylation sites (tertiary alicyclic amines) is 1. The number of ether oxygens (including phenoxy) is 1. The van der Waals surface area contributed by atoms with Crippen molar-refractivity contribution in [3.05, 3.63) is 0 Å². The summed E-state index contributed by atoms with van der Waals surface area (Å²) in [5, 5.41) is 0. The van der Waals surface area contributed by atoms with Crippen molar-refractivity contribution in [1.82, 2.24) is 4.90 Å². The molecule has 1 amide bonds. The number of piperidine rings is 1. The maximum Gasteiger partial charge on any atom is 0.410 e. The minimum absolute atomic E-state index is 0.142. The van der Waals surface area contributed by atoms with Crippen LogP contribution in [0.4, 0.5) is 4.79 Å². The number of rotatable bonds is 0. The zero-order valence-electron chi connectivity index (χ0n) is 10.9. The van der Waals surface area contributed by atoms with E-state index in [1.54, 1.807) is 0 Å². The first-order valence-electron chi connectivity index (χ1n) is 6.60. The van der Waals surface area contributed by atoms with Crippen molar-refractivity contribution >= 4 is 6.09 Å². The molecule has 4 nitrogen and oxygen atoms in total. The average molecular weight is 238 g/mol. The van der Waals surface area contributed by atoms with Gasteiger partial charge in [0.1, 0.15) is 5.60 Å². The van der Waals surface area contributed by atoms with Crippen LogP contribution in [0.25, 0.3) is 0 Å². The molecule has 17 heavy (non-hydrogen) atoms. The van der Waals surface area contributed by atoms with E-state index in [0.717, 1.165) is 19.3 Å². The first-order valence-corrected chi connectivity index (χ1v) is 6.60. The van der Waals surface area contributed by atoms with Crippen LogP contribution in [0.3, 0.4) is 0 Å². The summed E-state index contributed by atoms with van der Waals surface area (Å²) in [6.07, 6.45) is 4.28. The Morgan fingerprint density at radius 2 is 2.12 bits per heavy atom. The van der Waals surface area contributed by atoms with Gasteiger partial charge in [0.25, 0.3) is 0 Å². The quantitative estimate of drug-likeness (QED) is 0.701. The molecule has 2 aliphatic carbocycles. The second-order valence-electron chi connectivity index (χ2n) is 6.89. The first-order chi connectivity index (χ1) is 7.83. The predicted molar refractivity (Wildman–Crippen MR) is 64.5 cm³/mol. The second-order valence-corrected chi connectivity index (χ2v) is 6.89. The SMILES string of the molecule is CC(C)(C)OC(=O)N1C2CCC23CC(N)CC13. The lowest BCUT2D eigenvalue weighted by Gasteiger charge is -2.67. The van der Waals surface area contributed by atoms with Gasteiger partial charge >= 0.3 is 6.09 Å². The first kappa shape index (κ1) is 11.3. The molecule has 4 atom stereocenters. The Bertz CT molecular complexity index is 363. The largest absolute Gasteiger partial charge is 0.444 e. The van der Waals surface area contributed by atoms with Crippen LogP contribution in [-0.2, 0) is 4.74 Å². The lowest BCUT2D eigenvalue weighted by molar-refractivity contribution is -0.175. The molecular formula is C13H22N2O2. The van der Waals surface area contributed by atoms with Crippen LogP contribution in [0.15, 0.2) is 0 Å². The monoisotopic (exact) mass is 238 g/mol. The molecule has 4 unspecified atom stereocenters. The van der Waals surface area contributed by atoms with Crippen molar-refractivity contribution in [3.63, 3.8) is 0 Å². The van der Waals surface area contributed by atoms with Crippen molar-refractivity contribution in [1.29, 1.82) is 0 Å². The minimum atomic E-state index is -0.403. The number of nitrogens with two attached hydrogens (primary N) is 1. The molecule has 3 aliphatic rings. The normalized spacial score (nSPS) is 43.3. The minimum Gasteiger partial charge on any atom is -0.444 e. The molecule has 96 valence electrons. The molecule has 2 saturated carbocycles. The van der Waals surface area contributed by atoms with E-state index in [1.165, 1.54) is 6.42 Å². The number of hydrogen-bond acceptors (Lipinski definition) is 3. The topological polar surface area (TPSA) is 55.6 Å². The summed E-state index contributed by atoms with van der Waals surface area (Å²) in [4.78, 5) is 14.1. The van der Waals surface area contributed by atoms with E-state index in [1.807, 2.05) is 25.7 Å². The third kappa shape index (κ3) is 1.43. The number of nitrogens with zero attached hydrogens (tertiary/aromatic N) is 1. The van der Waals surface area contributed by atoms with Gasteiger partial charge in [-0.15, -0.1) is 0 Å². The molecule has 3 rings (SSSR count). The maximum atomic E-state index is 12.1. The van der Waals surface area contributed by atoms with Crippen molar-refractivity contribution in [2.24, 2.45) is 11.1 Å². The van der Waals surface area contributed by atoms with Gasteiger partial charge in [-0.1, -0.05) is 0 Å². The van der Waals surface area contributed by atoms with Crippen LogP contribution in [0.5, 0.6) is 0 Å². The summed E-state index contributed by atoms with van der Waals surface area (Å²) in [6.45, 7) is 5.75. The fourth-order valence-corrected chi connectivity index (χ4v) is 4.01. The number of carbonyl (C=O) groups excluding carboxylic acids is 1. The van der Waals surface area contributed by atoms with E-state index in [4.69, 9.17) is 10.5 Å². The highest BCUT2D eigenvalue weighted by Gasteiger charge is 2.70. The highest BCUT2D eigenvalue weighted by atomic mass is 16.6. The summed E-state index contributed by atoms with van der Waals surface area (Å²) in [5.41, 5.74) is 6.02. The smallest absolute Gasteiger partial charge is 0.410 e. The van der Waals surface area contributed by atoms with E-state index in [9.17, 15) is 4.79 Å². The summed E-state index contributed by atoms with van der Waals surface area (Å²) in [6, 6.07) is 1.04. The van der Waals surface area contributed by atoms with Gasteiger partial charge in [-0.3, -0.25) is 0 Å². The zero-order chi connectivity index (χ0) is 12.4. The summed E-state index contributed by atoms with van der Waals surface area (Å²) >= 11 is 0. The Kier molecular flexibility index (Phi) is 2.11. The van der Waals surface area contributed by atoms with Crippen molar-refractivity contribution in [3.8, 4) is 0 Å². The Hall–Kier alpha value is -0.770. The van der Waals surface area contributed by atoms with Gasteiger partial charge in [0, 0.05) is 23.5 Å². The highest BCUT2D eigenvalue weighted by molar-refractivity contribution is 5.72. The molecule has 0 radical (unpaired) electrons. The third-order valence-electron chi connectivity index (χ3n) is 4.65. The molecule has 1 saturated heterocycles. The average Bonchev–Trinajstić information content (AvgIpc) is 2.47. The van der Waals surface area contributed by atoms with Crippen molar-refractivity contribution in [2.75, 3.05) is 0 Å². The van der Waals surface area contributed by atoms with E-state index in [2.05, 4.69) is 0 Å². The predicted octanol–water partition coefficient (Wildman–Crippen LogP) is 1.88. The lowest BCUT2D eigenvalue weighted by atomic mass is 9.53. The van der Waals surface area contributed by atoms with Crippen molar-refractivity contribution in [2.45, 2.75) is 70.2 Å². The van der Waals surface area contributed by atoms with E-state index in [-0.39, 0.29) is 12.1 Å². The fourth-order valence-electron chi connectivity index (χ4n) is 4.01. The van der Waals surface area contributed by atoms with Gasteiger partial charge in [0.05, 0.1) is 0 Å². The molecule has 0 aromatic heterocycles. The molecule has 1 aliphatic heterocycles. The Morgan fingerprint density at radius 3 is 2.65 bits per heavy atom. The van der Waals surface area contributed by atoms with Gasteiger partial charge in [-0.2, -0.15) is 0 Å². The molecule has 1 spiro atoms. The maximum absolute atomic E-state index is 12.1. The van der Waals surface area contributed by atoms with Crippen LogP contribution in [-0.4, -0.2) is 34.7 Å². The van der Waals surface area contributed by atoms with Gasteiger partial charge in [0.15, 0.2) is 0 Å². The summed E-state index contributed by atoms with van der Waals surface area (Å²) in [5.74, 6) is 0. The van der Waals surface area contributed by atoms with Gasteiger partial charge in [0.2, 0.25) is 0 Å². The lowest BCUT2D eigenvalue weighted by Crippen LogP contribution is -2.76. The standard InChI is InChI=1S/C13H22N2O2/c1-12(2,3)17-11(16)15-9-4-5-13(9)7-8(14)6-10(13)15/h8-10H,4-7,14H2,1-3H3. The molecule has 0 bridgehead atoms. The fraction of sp³-hybridized carbons (Fsp3) is 0.923. The highest BCUT2D eigenvalue weighted by Crippen LogP contribution is 2.65.